The second kappa shape index (κ2) is 3.58. The maximum Gasteiger partial charge on any atom is 0.193 e. The normalized spacial score (nSPS) is 11.4. The predicted molar refractivity (Wildman–Crippen MR) is 67.9 cm³/mol. The lowest BCUT2D eigenvalue weighted by molar-refractivity contribution is 0.816. The van der Waals surface area contributed by atoms with Crippen LogP contribution in [0.5, 0.6) is 0 Å². The van der Waals surface area contributed by atoms with E-state index in [2.05, 4.69) is 25.5 Å². The zero-order valence-electron chi connectivity index (χ0n) is 10.1. The van der Waals surface area contributed by atoms with Crippen molar-refractivity contribution in [3.8, 4) is 5.69 Å². The molecule has 92 valence electrons. The fourth-order valence-corrected chi connectivity index (χ4v) is 2.01. The molecule has 0 spiro atoms. The minimum atomic E-state index is 0.639. The number of aromatic nitrogens is 7. The van der Waals surface area contributed by atoms with E-state index in [-0.39, 0.29) is 0 Å². The van der Waals surface area contributed by atoms with Crippen molar-refractivity contribution in [2.75, 3.05) is 0 Å². The Labute approximate surface area is 107 Å². The lowest BCUT2D eigenvalue weighted by Crippen LogP contribution is -1.98. The summed E-state index contributed by atoms with van der Waals surface area (Å²) >= 11 is 0. The molecule has 4 rings (SSSR count). The SMILES string of the molecule is Cc1ccc(-n2nnc3c2ncn2cnnc32)cc1. The van der Waals surface area contributed by atoms with Crippen LogP contribution < -0.4 is 0 Å². The number of hydrogen-bond acceptors (Lipinski definition) is 5. The highest BCUT2D eigenvalue weighted by molar-refractivity contribution is 5.85. The van der Waals surface area contributed by atoms with Crippen LogP contribution >= 0.6 is 0 Å². The predicted octanol–water partition coefficient (Wildman–Crippen LogP) is 1.17. The van der Waals surface area contributed by atoms with Crippen LogP contribution in [0, 0.1) is 6.92 Å². The third-order valence-electron chi connectivity index (χ3n) is 3.01. The van der Waals surface area contributed by atoms with E-state index in [1.807, 2.05) is 31.2 Å². The van der Waals surface area contributed by atoms with Crippen LogP contribution in [0.25, 0.3) is 22.5 Å². The van der Waals surface area contributed by atoms with Gasteiger partial charge in [0.1, 0.15) is 12.7 Å². The molecule has 0 bridgehead atoms. The molecule has 7 nitrogen and oxygen atoms in total. The summed E-state index contributed by atoms with van der Waals surface area (Å²) in [6.07, 6.45) is 3.25. The van der Waals surface area contributed by atoms with Gasteiger partial charge in [0.05, 0.1) is 5.69 Å². The molecule has 0 fully saturated rings. The van der Waals surface area contributed by atoms with Crippen LogP contribution in [0.1, 0.15) is 5.56 Å². The average Bonchev–Trinajstić information content (AvgIpc) is 3.04. The minimum Gasteiger partial charge on any atom is -0.270 e. The Morgan fingerprint density at radius 1 is 0.947 bits per heavy atom. The molecule has 0 aliphatic rings. The highest BCUT2D eigenvalue weighted by Gasteiger charge is 2.12. The topological polar surface area (TPSA) is 73.8 Å². The standard InChI is InChI=1S/C12H9N7/c1-8-2-4-9(5-3-8)19-11-10(15-17-19)12-16-14-7-18(12)6-13-11/h2-7H,1H3. The first-order chi connectivity index (χ1) is 9.33. The number of rotatable bonds is 1. The molecule has 0 aliphatic heterocycles. The van der Waals surface area contributed by atoms with Crippen LogP contribution in [0.2, 0.25) is 0 Å². The average molecular weight is 251 g/mol. The van der Waals surface area contributed by atoms with E-state index in [9.17, 15) is 0 Å². The maximum absolute atomic E-state index is 4.36. The fourth-order valence-electron chi connectivity index (χ4n) is 2.01. The molecule has 19 heavy (non-hydrogen) atoms. The lowest BCUT2D eigenvalue weighted by Gasteiger charge is -2.01. The molecule has 0 radical (unpaired) electrons. The second-order valence-electron chi connectivity index (χ2n) is 4.32. The first-order valence-corrected chi connectivity index (χ1v) is 5.80. The summed E-state index contributed by atoms with van der Waals surface area (Å²) in [5.74, 6) is 0. The van der Waals surface area contributed by atoms with Gasteiger partial charge in [-0.15, -0.1) is 15.3 Å². The molecule has 4 aromatic rings. The summed E-state index contributed by atoms with van der Waals surface area (Å²) in [5.41, 5.74) is 4.08. The van der Waals surface area contributed by atoms with E-state index >= 15 is 0 Å². The Morgan fingerprint density at radius 3 is 2.63 bits per heavy atom. The van der Waals surface area contributed by atoms with Crippen molar-refractivity contribution in [2.24, 2.45) is 0 Å². The van der Waals surface area contributed by atoms with Crippen LogP contribution in [0.15, 0.2) is 36.9 Å². The Bertz CT molecular complexity index is 872. The Hall–Kier alpha value is -2.83. The van der Waals surface area contributed by atoms with Crippen molar-refractivity contribution in [2.45, 2.75) is 6.92 Å². The van der Waals surface area contributed by atoms with Crippen molar-refractivity contribution < 1.29 is 0 Å². The highest BCUT2D eigenvalue weighted by Crippen LogP contribution is 2.17. The van der Waals surface area contributed by atoms with Gasteiger partial charge in [-0.3, -0.25) is 4.40 Å². The summed E-state index contributed by atoms with van der Waals surface area (Å²) < 4.78 is 3.42. The van der Waals surface area contributed by atoms with Gasteiger partial charge in [-0.1, -0.05) is 22.9 Å². The Morgan fingerprint density at radius 2 is 1.79 bits per heavy atom. The molecule has 0 saturated heterocycles. The first kappa shape index (κ1) is 10.1. The van der Waals surface area contributed by atoms with E-state index in [0.717, 1.165) is 5.69 Å². The van der Waals surface area contributed by atoms with Gasteiger partial charge in [-0.05, 0) is 19.1 Å². The summed E-state index contributed by atoms with van der Waals surface area (Å²) in [4.78, 5) is 4.36. The third kappa shape index (κ3) is 1.41. The quantitative estimate of drug-likeness (QED) is 0.507. The largest absolute Gasteiger partial charge is 0.270 e. The second-order valence-corrected chi connectivity index (χ2v) is 4.32. The van der Waals surface area contributed by atoms with E-state index in [1.54, 1.807) is 21.7 Å². The third-order valence-corrected chi connectivity index (χ3v) is 3.01. The Kier molecular flexibility index (Phi) is 1.91. The van der Waals surface area contributed by atoms with Gasteiger partial charge in [0.15, 0.2) is 16.8 Å². The van der Waals surface area contributed by atoms with Gasteiger partial charge < -0.3 is 0 Å². The minimum absolute atomic E-state index is 0.639. The van der Waals surface area contributed by atoms with E-state index < -0.39 is 0 Å². The molecular weight excluding hydrogens is 242 g/mol. The molecule has 7 heteroatoms. The molecular formula is C12H9N7. The summed E-state index contributed by atoms with van der Waals surface area (Å²) in [5, 5.41) is 16.2. The summed E-state index contributed by atoms with van der Waals surface area (Å²) in [7, 11) is 0. The van der Waals surface area contributed by atoms with Crippen LogP contribution in [0.3, 0.4) is 0 Å². The molecule has 3 aromatic heterocycles. The van der Waals surface area contributed by atoms with Gasteiger partial charge in [0.25, 0.3) is 0 Å². The molecule has 0 aliphatic carbocycles. The molecule has 0 unspecified atom stereocenters. The lowest BCUT2D eigenvalue weighted by atomic mass is 10.2. The molecule has 0 saturated carbocycles. The van der Waals surface area contributed by atoms with E-state index in [1.165, 1.54) is 5.56 Å². The van der Waals surface area contributed by atoms with Gasteiger partial charge in [0, 0.05) is 0 Å². The van der Waals surface area contributed by atoms with E-state index in [4.69, 9.17) is 0 Å². The van der Waals surface area contributed by atoms with Crippen LogP contribution in [-0.4, -0.2) is 34.6 Å². The number of fused-ring (bicyclic) bond motifs is 3. The Balaban J connectivity index is 2.02. The smallest absolute Gasteiger partial charge is 0.193 e. The monoisotopic (exact) mass is 251 g/mol. The van der Waals surface area contributed by atoms with E-state index in [0.29, 0.717) is 16.8 Å². The summed E-state index contributed by atoms with van der Waals surface area (Å²) in [6.45, 7) is 2.04. The van der Waals surface area contributed by atoms with Crippen molar-refractivity contribution in [3.05, 3.63) is 42.5 Å². The zero-order valence-corrected chi connectivity index (χ0v) is 10.1. The number of benzene rings is 1. The molecule has 0 atom stereocenters. The number of hydrogen-bond donors (Lipinski definition) is 0. The number of nitrogens with zero attached hydrogens (tertiary/aromatic N) is 7. The van der Waals surface area contributed by atoms with Gasteiger partial charge in [-0.2, -0.15) is 4.68 Å². The van der Waals surface area contributed by atoms with Crippen molar-refractivity contribution in [1.29, 1.82) is 0 Å². The van der Waals surface area contributed by atoms with Gasteiger partial charge in [-0.25, -0.2) is 4.98 Å². The van der Waals surface area contributed by atoms with Crippen molar-refractivity contribution in [1.82, 2.24) is 34.6 Å². The molecule has 0 N–H and O–H groups in total. The number of aryl methyl sites for hydroxylation is 1. The maximum atomic E-state index is 4.36. The summed E-state index contributed by atoms with van der Waals surface area (Å²) in [6, 6.07) is 8.02. The van der Waals surface area contributed by atoms with Gasteiger partial charge >= 0.3 is 0 Å². The van der Waals surface area contributed by atoms with Crippen LogP contribution in [-0.2, 0) is 0 Å². The molecule has 0 amide bonds. The fraction of sp³-hybridized carbons (Fsp3) is 0.0833. The highest BCUT2D eigenvalue weighted by atomic mass is 15.5. The van der Waals surface area contributed by atoms with Crippen molar-refractivity contribution in [3.63, 3.8) is 0 Å². The first-order valence-electron chi connectivity index (χ1n) is 5.80. The van der Waals surface area contributed by atoms with Gasteiger partial charge in [0.2, 0.25) is 0 Å². The molecule has 1 aromatic carbocycles. The molecule has 3 heterocycles. The van der Waals surface area contributed by atoms with Crippen molar-refractivity contribution >= 4 is 16.8 Å². The van der Waals surface area contributed by atoms with Crippen LogP contribution in [0.4, 0.5) is 0 Å². The zero-order chi connectivity index (χ0) is 12.8.